The Balaban J connectivity index is 0.000000396. The predicted molar refractivity (Wildman–Crippen MR) is 101 cm³/mol. The van der Waals surface area contributed by atoms with Gasteiger partial charge < -0.3 is 19.4 Å². The number of halogens is 3. The number of aliphatic carboxylic acids is 1. The minimum Gasteiger partial charge on any atom is -0.492 e. The molecule has 1 aliphatic rings. The van der Waals surface area contributed by atoms with Crippen molar-refractivity contribution in [2.24, 2.45) is 0 Å². The van der Waals surface area contributed by atoms with Crippen molar-refractivity contribution in [3.63, 3.8) is 0 Å². The second-order valence-corrected chi connectivity index (χ2v) is 6.55. The zero-order valence-electron chi connectivity index (χ0n) is 16.0. The zero-order chi connectivity index (χ0) is 22.1. The van der Waals surface area contributed by atoms with Gasteiger partial charge in [-0.1, -0.05) is 18.6 Å². The van der Waals surface area contributed by atoms with Crippen LogP contribution in [0.3, 0.4) is 0 Å². The highest BCUT2D eigenvalue weighted by Crippen LogP contribution is 2.28. The molecule has 0 saturated carbocycles. The molecule has 30 heavy (non-hydrogen) atoms. The summed E-state index contributed by atoms with van der Waals surface area (Å²) in [6.07, 6.45) is 0.181. The average Bonchev–Trinajstić information content (AvgIpc) is 3.19. The van der Waals surface area contributed by atoms with Crippen LogP contribution >= 0.6 is 0 Å². The molecule has 0 unspecified atom stereocenters. The Labute approximate surface area is 170 Å². The summed E-state index contributed by atoms with van der Waals surface area (Å²) in [5.41, 5.74) is 1.35. The van der Waals surface area contributed by atoms with Crippen LogP contribution in [-0.4, -0.2) is 59.5 Å². The maximum absolute atomic E-state index is 11.2. The second-order valence-electron chi connectivity index (χ2n) is 6.55. The van der Waals surface area contributed by atoms with Crippen molar-refractivity contribution in [1.82, 2.24) is 4.90 Å². The Bertz CT molecular complexity index is 843. The summed E-state index contributed by atoms with van der Waals surface area (Å²) >= 11 is 0. The fourth-order valence-electron chi connectivity index (χ4n) is 2.93. The molecule has 0 spiro atoms. The molecule has 1 saturated heterocycles. The molecule has 2 aromatic rings. The van der Waals surface area contributed by atoms with Gasteiger partial charge in [0.25, 0.3) is 0 Å². The van der Waals surface area contributed by atoms with E-state index >= 15 is 0 Å². The summed E-state index contributed by atoms with van der Waals surface area (Å²) in [4.78, 5) is 22.5. The number of rotatable bonds is 6. The molecule has 0 amide bonds. The number of alkyl halides is 3. The molecule has 7 nitrogen and oxygen atoms in total. The lowest BCUT2D eigenvalue weighted by atomic mass is 10.1. The van der Waals surface area contributed by atoms with Gasteiger partial charge in [-0.2, -0.15) is 13.2 Å². The largest absolute Gasteiger partial charge is 0.492 e. The number of carbonyl (C=O) groups is 2. The molecule has 2 heterocycles. The Hall–Kier alpha value is -3.01. The van der Waals surface area contributed by atoms with Gasteiger partial charge in [-0.25, -0.2) is 9.59 Å². The van der Waals surface area contributed by atoms with Gasteiger partial charge in [0.1, 0.15) is 12.4 Å². The first-order valence-corrected chi connectivity index (χ1v) is 9.25. The number of piperidine rings is 1. The third-order valence-corrected chi connectivity index (χ3v) is 4.37. The molecular weight excluding hydrogens is 407 g/mol. The van der Waals surface area contributed by atoms with Crippen LogP contribution in [0.4, 0.5) is 13.2 Å². The van der Waals surface area contributed by atoms with E-state index in [2.05, 4.69) is 4.90 Å². The number of carboxylic acid groups (broad SMARTS) is 2. The molecule has 1 fully saturated rings. The van der Waals surface area contributed by atoms with Gasteiger partial charge in [-0.3, -0.25) is 4.90 Å². The van der Waals surface area contributed by atoms with Crippen molar-refractivity contribution < 1.29 is 42.1 Å². The maximum atomic E-state index is 11.2. The van der Waals surface area contributed by atoms with Crippen LogP contribution in [0.2, 0.25) is 0 Å². The van der Waals surface area contributed by atoms with Crippen molar-refractivity contribution in [3.05, 3.63) is 42.4 Å². The minimum atomic E-state index is -5.08. The standard InChI is InChI=1S/C18H21NO4.C2HF3O2/c20-18(21)17-16(7-11-23-17)14-5-4-6-15(13-14)22-12-10-19-8-2-1-3-9-19;3-2(4,5)1(6)7/h4-7,11,13H,1-3,8-10,12H2,(H,20,21);(H,6,7). The maximum Gasteiger partial charge on any atom is 0.490 e. The lowest BCUT2D eigenvalue weighted by molar-refractivity contribution is -0.192. The Morgan fingerprint density at radius 1 is 1.10 bits per heavy atom. The number of hydrogen-bond donors (Lipinski definition) is 2. The third-order valence-electron chi connectivity index (χ3n) is 4.37. The molecule has 0 atom stereocenters. The van der Waals surface area contributed by atoms with Crippen molar-refractivity contribution in [1.29, 1.82) is 0 Å². The first-order valence-electron chi connectivity index (χ1n) is 9.25. The predicted octanol–water partition coefficient (Wildman–Crippen LogP) is 4.14. The quantitative estimate of drug-likeness (QED) is 0.712. The fraction of sp³-hybridized carbons (Fsp3) is 0.400. The SMILES string of the molecule is O=C(O)C(F)(F)F.O=C(O)c1occc1-c1cccc(OCCN2CCCCC2)c1. The van der Waals surface area contributed by atoms with Crippen LogP contribution in [0.25, 0.3) is 11.1 Å². The average molecular weight is 429 g/mol. The number of hydrogen-bond acceptors (Lipinski definition) is 5. The first-order chi connectivity index (χ1) is 14.2. The number of benzene rings is 1. The van der Waals surface area contributed by atoms with E-state index in [1.165, 1.54) is 25.5 Å². The summed E-state index contributed by atoms with van der Waals surface area (Å²) in [5, 5.41) is 16.3. The van der Waals surface area contributed by atoms with E-state index in [1.807, 2.05) is 24.3 Å². The Kier molecular flexibility index (Phi) is 8.28. The Morgan fingerprint density at radius 2 is 1.77 bits per heavy atom. The minimum absolute atomic E-state index is 0.0459. The Morgan fingerprint density at radius 3 is 2.37 bits per heavy atom. The molecule has 0 radical (unpaired) electrons. The first kappa shape index (κ1) is 23.3. The number of furan rings is 1. The molecule has 1 aromatic heterocycles. The monoisotopic (exact) mass is 429 g/mol. The highest BCUT2D eigenvalue weighted by molar-refractivity contribution is 5.93. The summed E-state index contributed by atoms with van der Waals surface area (Å²) in [6.45, 7) is 3.87. The molecular formula is C20H22F3NO6. The van der Waals surface area contributed by atoms with Crippen LogP contribution in [-0.2, 0) is 4.79 Å². The molecule has 2 N–H and O–H groups in total. The smallest absolute Gasteiger partial charge is 0.490 e. The van der Waals surface area contributed by atoms with E-state index in [1.54, 1.807) is 6.07 Å². The summed E-state index contributed by atoms with van der Waals surface area (Å²) < 4.78 is 42.6. The lowest BCUT2D eigenvalue weighted by Gasteiger charge is -2.26. The van der Waals surface area contributed by atoms with Crippen LogP contribution < -0.4 is 4.74 Å². The molecule has 10 heteroatoms. The van der Waals surface area contributed by atoms with Crippen molar-refractivity contribution in [2.45, 2.75) is 25.4 Å². The van der Waals surface area contributed by atoms with Gasteiger partial charge in [0.15, 0.2) is 0 Å². The third kappa shape index (κ3) is 7.11. The molecule has 1 aliphatic heterocycles. The van der Waals surface area contributed by atoms with Gasteiger partial charge in [0.05, 0.1) is 6.26 Å². The van der Waals surface area contributed by atoms with Crippen LogP contribution in [0, 0.1) is 0 Å². The zero-order valence-corrected chi connectivity index (χ0v) is 16.0. The van der Waals surface area contributed by atoms with Crippen LogP contribution in [0.15, 0.2) is 41.0 Å². The van der Waals surface area contributed by atoms with Gasteiger partial charge in [0, 0.05) is 12.1 Å². The summed E-state index contributed by atoms with van der Waals surface area (Å²) in [5.74, 6) is -3.12. The molecule has 3 rings (SSSR count). The van der Waals surface area contributed by atoms with E-state index in [9.17, 15) is 18.0 Å². The highest BCUT2D eigenvalue weighted by atomic mass is 19.4. The normalized spacial score (nSPS) is 14.5. The number of likely N-dealkylation sites (tertiary alicyclic amines) is 1. The van der Waals surface area contributed by atoms with Crippen molar-refractivity contribution in [3.8, 4) is 16.9 Å². The van der Waals surface area contributed by atoms with Crippen molar-refractivity contribution in [2.75, 3.05) is 26.2 Å². The second kappa shape index (κ2) is 10.7. The van der Waals surface area contributed by atoms with Crippen LogP contribution in [0.1, 0.15) is 29.8 Å². The van der Waals surface area contributed by atoms with Gasteiger partial charge in [0.2, 0.25) is 5.76 Å². The van der Waals surface area contributed by atoms with Gasteiger partial charge >= 0.3 is 18.1 Å². The van der Waals surface area contributed by atoms with E-state index < -0.39 is 18.1 Å². The van der Waals surface area contributed by atoms with Crippen LogP contribution in [0.5, 0.6) is 5.75 Å². The topological polar surface area (TPSA) is 100 Å². The van der Waals surface area contributed by atoms with Crippen molar-refractivity contribution >= 4 is 11.9 Å². The van der Waals surface area contributed by atoms with Gasteiger partial charge in [-0.05, 0) is 49.7 Å². The summed E-state index contributed by atoms with van der Waals surface area (Å²) in [6, 6.07) is 9.13. The van der Waals surface area contributed by atoms with E-state index in [0.717, 1.165) is 30.9 Å². The lowest BCUT2D eigenvalue weighted by Crippen LogP contribution is -2.33. The molecule has 164 valence electrons. The van der Waals surface area contributed by atoms with E-state index in [-0.39, 0.29) is 5.76 Å². The number of aromatic carboxylic acids is 1. The van der Waals surface area contributed by atoms with E-state index in [4.69, 9.17) is 24.2 Å². The number of carboxylic acids is 2. The molecule has 0 aliphatic carbocycles. The summed E-state index contributed by atoms with van der Waals surface area (Å²) in [7, 11) is 0. The highest BCUT2D eigenvalue weighted by Gasteiger charge is 2.38. The molecule has 1 aromatic carbocycles. The number of ether oxygens (including phenoxy) is 1. The number of nitrogens with zero attached hydrogens (tertiary/aromatic N) is 1. The fourth-order valence-corrected chi connectivity index (χ4v) is 2.93. The van der Waals surface area contributed by atoms with Gasteiger partial charge in [-0.15, -0.1) is 0 Å². The van der Waals surface area contributed by atoms with E-state index in [0.29, 0.717) is 12.2 Å². The molecule has 0 bridgehead atoms.